The van der Waals surface area contributed by atoms with Crippen molar-refractivity contribution in [3.05, 3.63) is 54.0 Å². The molecule has 0 radical (unpaired) electrons. The summed E-state index contributed by atoms with van der Waals surface area (Å²) in [6.45, 7) is 2.00. The second kappa shape index (κ2) is 8.95. The molecule has 1 atom stereocenters. The van der Waals surface area contributed by atoms with Crippen molar-refractivity contribution >= 4 is 28.8 Å². The quantitative estimate of drug-likeness (QED) is 0.562. The number of imidazole rings is 1. The highest BCUT2D eigenvalue weighted by molar-refractivity contribution is 7.98. The summed E-state index contributed by atoms with van der Waals surface area (Å²) in [5.74, 6) is 0.223. The molecule has 0 bridgehead atoms. The summed E-state index contributed by atoms with van der Waals surface area (Å²) in [4.78, 5) is 22.3. The minimum absolute atomic E-state index is 0.0112. The van der Waals surface area contributed by atoms with Gasteiger partial charge in [0.2, 0.25) is 5.91 Å². The zero-order valence-corrected chi connectivity index (χ0v) is 17.3. The summed E-state index contributed by atoms with van der Waals surface area (Å²) in [5, 5.41) is 3.90. The highest BCUT2D eigenvalue weighted by atomic mass is 32.2. The van der Waals surface area contributed by atoms with Crippen molar-refractivity contribution in [2.45, 2.75) is 62.0 Å². The van der Waals surface area contributed by atoms with Crippen molar-refractivity contribution in [3.63, 3.8) is 0 Å². The smallest absolute Gasteiger partial charge is 0.243 e. The van der Waals surface area contributed by atoms with E-state index in [9.17, 15) is 9.18 Å². The summed E-state index contributed by atoms with van der Waals surface area (Å²) in [5.41, 5.74) is 2.06. The number of nitrogens with one attached hydrogen (secondary N) is 1. The third-order valence-corrected chi connectivity index (χ3v) is 6.44. The fraction of sp³-hybridized carbons (Fsp3) is 0.409. The van der Waals surface area contributed by atoms with E-state index in [1.54, 1.807) is 18.3 Å². The van der Waals surface area contributed by atoms with Crippen molar-refractivity contribution in [3.8, 4) is 0 Å². The van der Waals surface area contributed by atoms with Crippen molar-refractivity contribution in [2.24, 2.45) is 0 Å². The monoisotopic (exact) mass is 412 g/mol. The van der Waals surface area contributed by atoms with Gasteiger partial charge in [-0.25, -0.2) is 14.4 Å². The van der Waals surface area contributed by atoms with Crippen LogP contribution in [-0.4, -0.2) is 26.5 Å². The van der Waals surface area contributed by atoms with Gasteiger partial charge in [-0.15, -0.1) is 0 Å². The normalized spacial score (nSPS) is 15.7. The van der Waals surface area contributed by atoms with Gasteiger partial charge in [0.25, 0.3) is 0 Å². The number of hydrogen-bond acceptors (Lipinski definition) is 4. The first-order valence-electron chi connectivity index (χ1n) is 10.2. The molecule has 1 amide bonds. The van der Waals surface area contributed by atoms with E-state index in [0.717, 1.165) is 18.4 Å². The zero-order chi connectivity index (χ0) is 20.2. The lowest BCUT2D eigenvalue weighted by molar-refractivity contribution is -0.125. The molecule has 0 unspecified atom stereocenters. The van der Waals surface area contributed by atoms with Crippen LogP contribution in [0.3, 0.4) is 0 Å². The van der Waals surface area contributed by atoms with E-state index in [1.165, 1.54) is 30.7 Å². The van der Waals surface area contributed by atoms with Crippen molar-refractivity contribution in [2.75, 3.05) is 0 Å². The van der Waals surface area contributed by atoms with Crippen LogP contribution >= 0.6 is 11.8 Å². The Morgan fingerprint density at radius 3 is 2.83 bits per heavy atom. The Balaban J connectivity index is 1.64. The number of pyridine rings is 1. The van der Waals surface area contributed by atoms with Crippen LogP contribution in [0.5, 0.6) is 0 Å². The van der Waals surface area contributed by atoms with Gasteiger partial charge in [-0.2, -0.15) is 0 Å². The average molecular weight is 413 g/mol. The number of benzene rings is 1. The molecule has 7 heteroatoms. The fourth-order valence-electron chi connectivity index (χ4n) is 3.90. The minimum Gasteiger partial charge on any atom is -0.352 e. The van der Waals surface area contributed by atoms with Crippen LogP contribution in [-0.2, 0) is 10.5 Å². The lowest BCUT2D eigenvalue weighted by Crippen LogP contribution is -2.38. The number of amides is 1. The first-order chi connectivity index (χ1) is 14.2. The average Bonchev–Trinajstić information content (AvgIpc) is 3.36. The van der Waals surface area contributed by atoms with Crippen LogP contribution in [0, 0.1) is 5.82 Å². The second-order valence-electron chi connectivity index (χ2n) is 7.40. The van der Waals surface area contributed by atoms with E-state index in [2.05, 4.69) is 10.3 Å². The number of hydrogen-bond donors (Lipinski definition) is 1. The number of carbonyl (C=O) groups is 1. The molecule has 152 valence electrons. The van der Waals surface area contributed by atoms with Crippen molar-refractivity contribution < 1.29 is 9.18 Å². The van der Waals surface area contributed by atoms with Gasteiger partial charge in [0.15, 0.2) is 10.8 Å². The van der Waals surface area contributed by atoms with E-state index in [0.29, 0.717) is 28.5 Å². The van der Waals surface area contributed by atoms with Crippen LogP contribution in [0.25, 0.3) is 11.2 Å². The topological polar surface area (TPSA) is 59.8 Å². The molecular weight excluding hydrogens is 387 g/mol. The van der Waals surface area contributed by atoms with Gasteiger partial charge in [-0.3, -0.25) is 9.36 Å². The highest BCUT2D eigenvalue weighted by Crippen LogP contribution is 2.31. The van der Waals surface area contributed by atoms with Gasteiger partial charge in [0, 0.05) is 18.0 Å². The van der Waals surface area contributed by atoms with Gasteiger partial charge in [0.05, 0.1) is 0 Å². The number of aromatic nitrogens is 3. The first-order valence-corrected chi connectivity index (χ1v) is 11.2. The zero-order valence-electron chi connectivity index (χ0n) is 16.5. The maximum Gasteiger partial charge on any atom is 0.243 e. The second-order valence-corrected chi connectivity index (χ2v) is 8.35. The summed E-state index contributed by atoms with van der Waals surface area (Å²) in [6.07, 6.45) is 6.77. The van der Waals surface area contributed by atoms with Crippen LogP contribution < -0.4 is 5.32 Å². The highest BCUT2D eigenvalue weighted by Gasteiger charge is 2.27. The predicted molar refractivity (Wildman–Crippen MR) is 113 cm³/mol. The van der Waals surface area contributed by atoms with Gasteiger partial charge < -0.3 is 5.32 Å². The van der Waals surface area contributed by atoms with Gasteiger partial charge in [-0.1, -0.05) is 49.7 Å². The van der Waals surface area contributed by atoms with Crippen molar-refractivity contribution in [1.29, 1.82) is 0 Å². The first kappa shape index (κ1) is 19.9. The molecule has 29 heavy (non-hydrogen) atoms. The van der Waals surface area contributed by atoms with Gasteiger partial charge in [-0.05, 0) is 43.0 Å². The molecule has 1 fully saturated rings. The molecule has 2 heterocycles. The number of fused-ring (bicyclic) bond motifs is 1. The van der Waals surface area contributed by atoms with Crippen LogP contribution in [0.15, 0.2) is 47.8 Å². The lowest BCUT2D eigenvalue weighted by Gasteiger charge is -2.21. The summed E-state index contributed by atoms with van der Waals surface area (Å²) < 4.78 is 16.0. The standard InChI is InChI=1S/C22H25FN4OS/c1-2-19(21(28)25-16-9-4-5-10-16)27-20-18(12-7-13-24-20)26-22(27)29-14-15-8-3-6-11-17(15)23/h3,6-8,11-13,16,19H,2,4-5,9-10,14H2,1H3,(H,25,28)/t19-/m1/s1. The molecule has 3 aromatic rings. The van der Waals surface area contributed by atoms with Crippen molar-refractivity contribution in [1.82, 2.24) is 19.9 Å². The molecule has 1 aliphatic carbocycles. The number of rotatable bonds is 7. The van der Waals surface area contributed by atoms with E-state index in [-0.39, 0.29) is 17.8 Å². The molecule has 0 spiro atoms. The molecule has 2 aromatic heterocycles. The molecule has 0 aliphatic heterocycles. The van der Waals surface area contributed by atoms with E-state index >= 15 is 0 Å². The predicted octanol–water partition coefficient (Wildman–Crippen LogP) is 4.87. The third kappa shape index (κ3) is 4.29. The maximum absolute atomic E-state index is 14.1. The third-order valence-electron chi connectivity index (χ3n) is 5.43. The number of carbonyl (C=O) groups excluding carboxylic acids is 1. The fourth-order valence-corrected chi connectivity index (χ4v) is 4.94. The molecule has 1 aliphatic rings. The number of halogens is 1. The van der Waals surface area contributed by atoms with Gasteiger partial charge in [0.1, 0.15) is 17.4 Å². The Bertz CT molecular complexity index is 999. The SMILES string of the molecule is CC[C@H](C(=O)NC1CCCC1)n1c(SCc2ccccc2F)nc2cccnc21. The van der Waals surface area contributed by atoms with E-state index in [1.807, 2.05) is 29.7 Å². The summed E-state index contributed by atoms with van der Waals surface area (Å²) >= 11 is 1.44. The summed E-state index contributed by atoms with van der Waals surface area (Å²) in [7, 11) is 0. The summed E-state index contributed by atoms with van der Waals surface area (Å²) in [6, 6.07) is 10.4. The van der Waals surface area contributed by atoms with E-state index < -0.39 is 6.04 Å². The van der Waals surface area contributed by atoms with Gasteiger partial charge >= 0.3 is 0 Å². The van der Waals surface area contributed by atoms with E-state index in [4.69, 9.17) is 4.98 Å². The van der Waals surface area contributed by atoms with Crippen LogP contribution in [0.1, 0.15) is 50.6 Å². The molecular formula is C22H25FN4OS. The molecule has 4 rings (SSSR count). The Kier molecular flexibility index (Phi) is 6.13. The molecule has 1 aromatic carbocycles. The Labute approximate surface area is 174 Å². The van der Waals surface area contributed by atoms with Crippen LogP contribution in [0.4, 0.5) is 4.39 Å². The maximum atomic E-state index is 14.1. The number of thioether (sulfide) groups is 1. The Morgan fingerprint density at radius 2 is 2.07 bits per heavy atom. The lowest BCUT2D eigenvalue weighted by atomic mass is 10.1. The molecule has 0 saturated heterocycles. The Hall–Kier alpha value is -2.41. The number of nitrogens with zero attached hydrogens (tertiary/aromatic N) is 3. The minimum atomic E-state index is -0.390. The van der Waals surface area contributed by atoms with Crippen LogP contribution in [0.2, 0.25) is 0 Å². The largest absolute Gasteiger partial charge is 0.352 e. The molecule has 1 saturated carbocycles. The molecule has 5 nitrogen and oxygen atoms in total. The Morgan fingerprint density at radius 1 is 1.28 bits per heavy atom. The molecule has 1 N–H and O–H groups in total.